The molecule has 0 spiro atoms. The van der Waals surface area contributed by atoms with E-state index in [0.29, 0.717) is 30.6 Å². The standard InChI is InChI=1S/C25H38FNO3/c1-4-6-7-9-18(8-5-2)16-30-24-14-23(26)22(13-21(24)19-10-11-19)25(29)27-15-20(28)12-17(27)3/h13-14,17-20,28H,4-12,15-16H2,1-3H3. The predicted octanol–water partition coefficient (Wildman–Crippen LogP) is 5.67. The van der Waals surface area contributed by atoms with Crippen molar-refractivity contribution in [1.29, 1.82) is 0 Å². The number of nitrogens with zero attached hydrogens (tertiary/aromatic N) is 1. The van der Waals surface area contributed by atoms with Crippen LogP contribution in [0, 0.1) is 11.7 Å². The van der Waals surface area contributed by atoms with Crippen LogP contribution >= 0.6 is 0 Å². The van der Waals surface area contributed by atoms with Crippen LogP contribution in [-0.2, 0) is 0 Å². The molecule has 0 radical (unpaired) electrons. The van der Waals surface area contributed by atoms with Crippen LogP contribution in [0.1, 0.15) is 100 Å². The zero-order valence-corrected chi connectivity index (χ0v) is 18.8. The Bertz CT molecular complexity index is 719. The summed E-state index contributed by atoms with van der Waals surface area (Å²) >= 11 is 0. The largest absolute Gasteiger partial charge is 0.493 e. The summed E-state index contributed by atoms with van der Waals surface area (Å²) in [5, 5.41) is 9.87. The van der Waals surface area contributed by atoms with Crippen molar-refractivity contribution in [3.05, 3.63) is 29.1 Å². The van der Waals surface area contributed by atoms with Gasteiger partial charge in [0.2, 0.25) is 0 Å². The molecule has 3 atom stereocenters. The van der Waals surface area contributed by atoms with Crippen molar-refractivity contribution in [2.45, 2.75) is 96.6 Å². The maximum absolute atomic E-state index is 15.0. The minimum atomic E-state index is -0.527. The quantitative estimate of drug-likeness (QED) is 0.470. The number of rotatable bonds is 11. The number of halogens is 1. The molecular weight excluding hydrogens is 381 g/mol. The van der Waals surface area contributed by atoms with E-state index in [1.807, 2.05) is 6.92 Å². The number of amides is 1. The lowest BCUT2D eigenvalue weighted by molar-refractivity contribution is 0.0721. The molecule has 0 aromatic heterocycles. The highest BCUT2D eigenvalue weighted by Crippen LogP contribution is 2.45. The highest BCUT2D eigenvalue weighted by Gasteiger charge is 2.35. The molecule has 168 valence electrons. The molecule has 1 amide bonds. The molecule has 1 aromatic rings. The molecule has 3 rings (SSSR count). The summed E-state index contributed by atoms with van der Waals surface area (Å²) in [5.41, 5.74) is 1.08. The molecule has 1 aliphatic carbocycles. The van der Waals surface area contributed by atoms with Gasteiger partial charge in [-0.1, -0.05) is 39.5 Å². The molecule has 2 aliphatic rings. The van der Waals surface area contributed by atoms with E-state index < -0.39 is 11.9 Å². The Morgan fingerprint density at radius 3 is 2.60 bits per heavy atom. The molecule has 1 saturated heterocycles. The first-order valence-electron chi connectivity index (χ1n) is 11.9. The Morgan fingerprint density at radius 2 is 2.00 bits per heavy atom. The van der Waals surface area contributed by atoms with E-state index in [0.717, 1.165) is 37.7 Å². The van der Waals surface area contributed by atoms with Crippen LogP contribution < -0.4 is 4.74 Å². The lowest BCUT2D eigenvalue weighted by Crippen LogP contribution is -2.35. The van der Waals surface area contributed by atoms with Gasteiger partial charge in [-0.25, -0.2) is 4.39 Å². The van der Waals surface area contributed by atoms with Gasteiger partial charge in [0, 0.05) is 18.7 Å². The highest BCUT2D eigenvalue weighted by atomic mass is 19.1. The van der Waals surface area contributed by atoms with Gasteiger partial charge in [-0.2, -0.15) is 0 Å². The molecule has 1 heterocycles. The second kappa shape index (κ2) is 10.6. The van der Waals surface area contributed by atoms with Gasteiger partial charge in [-0.15, -0.1) is 0 Å². The van der Waals surface area contributed by atoms with Crippen molar-refractivity contribution in [2.24, 2.45) is 5.92 Å². The molecule has 1 saturated carbocycles. The van der Waals surface area contributed by atoms with E-state index in [-0.39, 0.29) is 24.1 Å². The van der Waals surface area contributed by atoms with Crippen molar-refractivity contribution in [1.82, 2.24) is 4.90 Å². The SMILES string of the molecule is CCCCCC(CCC)COc1cc(F)c(C(=O)N2CC(O)CC2C)cc1C1CC1. The van der Waals surface area contributed by atoms with E-state index in [9.17, 15) is 14.3 Å². The zero-order valence-electron chi connectivity index (χ0n) is 18.8. The van der Waals surface area contributed by atoms with Gasteiger partial charge in [0.05, 0.1) is 18.3 Å². The van der Waals surface area contributed by atoms with Gasteiger partial charge < -0.3 is 14.7 Å². The van der Waals surface area contributed by atoms with Gasteiger partial charge in [0.1, 0.15) is 11.6 Å². The van der Waals surface area contributed by atoms with Crippen molar-refractivity contribution < 1.29 is 19.0 Å². The first-order chi connectivity index (χ1) is 14.4. The Labute approximate surface area is 180 Å². The summed E-state index contributed by atoms with van der Waals surface area (Å²) in [4.78, 5) is 14.6. The zero-order chi connectivity index (χ0) is 21.7. The van der Waals surface area contributed by atoms with Crippen LogP contribution in [0.5, 0.6) is 5.75 Å². The van der Waals surface area contributed by atoms with Crippen molar-refractivity contribution in [3.63, 3.8) is 0 Å². The predicted molar refractivity (Wildman–Crippen MR) is 118 cm³/mol. The molecule has 1 aliphatic heterocycles. The number of benzene rings is 1. The van der Waals surface area contributed by atoms with E-state index in [4.69, 9.17) is 4.74 Å². The summed E-state index contributed by atoms with van der Waals surface area (Å²) in [6.45, 7) is 7.19. The van der Waals surface area contributed by atoms with Gasteiger partial charge in [0.15, 0.2) is 0 Å². The minimum Gasteiger partial charge on any atom is -0.493 e. The number of hydrogen-bond donors (Lipinski definition) is 1. The number of carbonyl (C=O) groups is 1. The summed E-state index contributed by atoms with van der Waals surface area (Å²) in [5.74, 6) is 0.612. The lowest BCUT2D eigenvalue weighted by Gasteiger charge is -2.23. The second-order valence-electron chi connectivity index (χ2n) is 9.30. The second-order valence-corrected chi connectivity index (χ2v) is 9.30. The smallest absolute Gasteiger partial charge is 0.257 e. The first-order valence-corrected chi connectivity index (χ1v) is 11.9. The van der Waals surface area contributed by atoms with Crippen LogP contribution in [-0.4, -0.2) is 41.2 Å². The van der Waals surface area contributed by atoms with E-state index in [1.165, 1.54) is 25.3 Å². The van der Waals surface area contributed by atoms with Crippen LogP contribution in [0.3, 0.4) is 0 Å². The molecule has 3 unspecified atom stereocenters. The topological polar surface area (TPSA) is 49.8 Å². The monoisotopic (exact) mass is 419 g/mol. The van der Waals surface area contributed by atoms with Crippen molar-refractivity contribution >= 4 is 5.91 Å². The maximum atomic E-state index is 15.0. The fourth-order valence-electron chi connectivity index (χ4n) is 4.62. The summed E-state index contributed by atoms with van der Waals surface area (Å²) in [6.07, 6.45) is 9.18. The third kappa shape index (κ3) is 5.75. The third-order valence-corrected chi connectivity index (χ3v) is 6.55. The Hall–Kier alpha value is -1.62. The molecule has 1 aromatic carbocycles. The van der Waals surface area contributed by atoms with Crippen LogP contribution in [0.25, 0.3) is 0 Å². The number of carbonyl (C=O) groups excluding carboxylic acids is 1. The van der Waals surface area contributed by atoms with Crippen LogP contribution in [0.15, 0.2) is 12.1 Å². The Kier molecular flexibility index (Phi) is 8.15. The number of likely N-dealkylation sites (tertiary alicyclic amines) is 1. The molecule has 30 heavy (non-hydrogen) atoms. The van der Waals surface area contributed by atoms with Crippen molar-refractivity contribution in [2.75, 3.05) is 13.2 Å². The third-order valence-electron chi connectivity index (χ3n) is 6.55. The number of unbranched alkanes of at least 4 members (excludes halogenated alkanes) is 2. The van der Waals surface area contributed by atoms with Gasteiger partial charge >= 0.3 is 0 Å². The Balaban J connectivity index is 1.74. The number of aliphatic hydroxyl groups excluding tert-OH is 1. The highest BCUT2D eigenvalue weighted by molar-refractivity contribution is 5.95. The number of β-amino-alcohol motifs (C(OH)–C–C–N with tert-alkyl or cyclic N) is 1. The normalized spacial score (nSPS) is 22.4. The summed E-state index contributed by atoms with van der Waals surface area (Å²) < 4.78 is 21.1. The average molecular weight is 420 g/mol. The van der Waals surface area contributed by atoms with Crippen molar-refractivity contribution in [3.8, 4) is 5.75 Å². The number of ether oxygens (including phenoxy) is 1. The average Bonchev–Trinajstić information content (AvgIpc) is 3.49. The number of aliphatic hydroxyl groups is 1. The van der Waals surface area contributed by atoms with Gasteiger partial charge in [0.25, 0.3) is 5.91 Å². The molecule has 0 bridgehead atoms. The van der Waals surface area contributed by atoms with Gasteiger partial charge in [-0.3, -0.25) is 4.79 Å². The maximum Gasteiger partial charge on any atom is 0.257 e. The Morgan fingerprint density at radius 1 is 1.23 bits per heavy atom. The molecule has 5 heteroatoms. The lowest BCUT2D eigenvalue weighted by atomic mass is 9.97. The number of hydrogen-bond acceptors (Lipinski definition) is 3. The molecule has 2 fully saturated rings. The molecule has 1 N–H and O–H groups in total. The molecule has 4 nitrogen and oxygen atoms in total. The van der Waals surface area contributed by atoms with E-state index in [2.05, 4.69) is 13.8 Å². The van der Waals surface area contributed by atoms with E-state index in [1.54, 1.807) is 11.0 Å². The summed E-state index contributed by atoms with van der Waals surface area (Å²) in [6, 6.07) is 3.06. The summed E-state index contributed by atoms with van der Waals surface area (Å²) in [7, 11) is 0. The van der Waals surface area contributed by atoms with E-state index >= 15 is 0 Å². The molecular formula is C25H38FNO3. The fraction of sp³-hybridized carbons (Fsp3) is 0.720. The van der Waals surface area contributed by atoms with Crippen LogP contribution in [0.2, 0.25) is 0 Å². The minimum absolute atomic E-state index is 0.0786. The fourth-order valence-corrected chi connectivity index (χ4v) is 4.62. The van der Waals surface area contributed by atoms with Crippen LogP contribution in [0.4, 0.5) is 4.39 Å². The first kappa shape index (κ1) is 23.1. The van der Waals surface area contributed by atoms with Gasteiger partial charge in [-0.05, 0) is 62.5 Å².